The van der Waals surface area contributed by atoms with Crippen molar-refractivity contribution in [3.05, 3.63) is 11.9 Å². The van der Waals surface area contributed by atoms with Crippen LogP contribution in [0.3, 0.4) is 0 Å². The van der Waals surface area contributed by atoms with Gasteiger partial charge in [-0.05, 0) is 25.8 Å². The summed E-state index contributed by atoms with van der Waals surface area (Å²) in [5.74, 6) is 0.201. The SMILES string of the molecule is COCCN1CC[C@@H](CNS(=O)(=O)c2cnn(C(F)F)c2C)C1. The summed E-state index contributed by atoms with van der Waals surface area (Å²) in [6.45, 7) is 1.90. The number of hydrogen-bond donors (Lipinski definition) is 1. The van der Waals surface area contributed by atoms with Crippen molar-refractivity contribution in [2.24, 2.45) is 5.92 Å². The van der Waals surface area contributed by atoms with Crippen LogP contribution in [0.5, 0.6) is 0 Å². The van der Waals surface area contributed by atoms with Gasteiger partial charge in [-0.15, -0.1) is 0 Å². The van der Waals surface area contributed by atoms with E-state index in [-0.39, 0.29) is 23.1 Å². The van der Waals surface area contributed by atoms with Crippen molar-refractivity contribution in [1.82, 2.24) is 19.4 Å². The third-order valence-electron chi connectivity index (χ3n) is 4.02. The normalized spacial score (nSPS) is 19.8. The number of alkyl halides is 2. The van der Waals surface area contributed by atoms with Gasteiger partial charge in [-0.2, -0.15) is 13.9 Å². The lowest BCUT2D eigenvalue weighted by Crippen LogP contribution is -2.32. The minimum Gasteiger partial charge on any atom is -0.383 e. The van der Waals surface area contributed by atoms with E-state index < -0.39 is 16.6 Å². The second-order valence-corrected chi connectivity index (χ2v) is 7.35. The first-order valence-corrected chi connectivity index (χ1v) is 8.86. The predicted octanol–water partition coefficient (Wildman–Crippen LogP) is 0.833. The van der Waals surface area contributed by atoms with Crippen LogP contribution in [0.4, 0.5) is 8.78 Å². The van der Waals surface area contributed by atoms with E-state index in [2.05, 4.69) is 14.7 Å². The number of hydrogen-bond acceptors (Lipinski definition) is 5. The predicted molar refractivity (Wildman–Crippen MR) is 79.8 cm³/mol. The summed E-state index contributed by atoms with van der Waals surface area (Å²) in [5, 5.41) is 3.43. The molecule has 1 fully saturated rings. The van der Waals surface area contributed by atoms with Crippen molar-refractivity contribution in [1.29, 1.82) is 0 Å². The molecule has 132 valence electrons. The first kappa shape index (κ1) is 18.2. The van der Waals surface area contributed by atoms with Crippen molar-refractivity contribution < 1.29 is 21.9 Å². The number of ether oxygens (including phenoxy) is 1. The second-order valence-electron chi connectivity index (χ2n) is 5.62. The Morgan fingerprint density at radius 3 is 2.87 bits per heavy atom. The molecule has 0 aliphatic carbocycles. The minimum atomic E-state index is -3.84. The number of sulfonamides is 1. The molecule has 10 heteroatoms. The van der Waals surface area contributed by atoms with Crippen molar-refractivity contribution in [2.45, 2.75) is 24.8 Å². The van der Waals surface area contributed by atoms with Crippen molar-refractivity contribution >= 4 is 10.0 Å². The van der Waals surface area contributed by atoms with E-state index in [9.17, 15) is 17.2 Å². The standard InChI is InChI=1S/C13H22F2N4O3S/c1-10-12(8-16-19(10)13(14)15)23(20,21)17-7-11-3-4-18(9-11)5-6-22-2/h8,11,13,17H,3-7,9H2,1-2H3/t11-/m0/s1. The summed E-state index contributed by atoms with van der Waals surface area (Å²) in [4.78, 5) is 2.01. The molecule has 0 unspecified atom stereocenters. The van der Waals surface area contributed by atoms with Crippen LogP contribution in [-0.2, 0) is 14.8 Å². The van der Waals surface area contributed by atoms with Gasteiger partial charge in [-0.1, -0.05) is 0 Å². The molecule has 0 aromatic carbocycles. The fourth-order valence-electron chi connectivity index (χ4n) is 2.68. The van der Waals surface area contributed by atoms with Gasteiger partial charge in [-0.25, -0.2) is 17.8 Å². The fraction of sp³-hybridized carbons (Fsp3) is 0.769. The van der Waals surface area contributed by atoms with E-state index >= 15 is 0 Å². The summed E-state index contributed by atoms with van der Waals surface area (Å²) < 4.78 is 57.8. The number of methoxy groups -OCH3 is 1. The van der Waals surface area contributed by atoms with E-state index in [0.717, 1.165) is 32.3 Å². The molecule has 1 aliphatic rings. The molecule has 1 N–H and O–H groups in total. The van der Waals surface area contributed by atoms with Gasteiger partial charge in [0.1, 0.15) is 4.90 Å². The summed E-state index contributed by atoms with van der Waals surface area (Å²) in [7, 11) is -2.19. The lowest BCUT2D eigenvalue weighted by molar-refractivity contribution is 0.0541. The van der Waals surface area contributed by atoms with Crippen LogP contribution in [0.1, 0.15) is 18.7 Å². The molecular weight excluding hydrogens is 330 g/mol. The van der Waals surface area contributed by atoms with Gasteiger partial charge in [0.25, 0.3) is 0 Å². The van der Waals surface area contributed by atoms with Gasteiger partial charge in [0.15, 0.2) is 0 Å². The molecule has 2 rings (SSSR count). The minimum absolute atomic E-state index is 0.0688. The summed E-state index contributed by atoms with van der Waals surface area (Å²) in [6.07, 6.45) is 1.85. The van der Waals surface area contributed by atoms with Crippen LogP contribution < -0.4 is 4.72 Å². The summed E-state index contributed by atoms with van der Waals surface area (Å²) in [6, 6.07) is 0. The number of halogens is 2. The largest absolute Gasteiger partial charge is 0.383 e. The van der Waals surface area contributed by atoms with Crippen LogP contribution in [0.2, 0.25) is 0 Å². The molecule has 23 heavy (non-hydrogen) atoms. The molecule has 0 radical (unpaired) electrons. The van der Waals surface area contributed by atoms with E-state index in [0.29, 0.717) is 11.3 Å². The molecule has 1 saturated heterocycles. The van der Waals surface area contributed by atoms with Crippen LogP contribution in [0.15, 0.2) is 11.1 Å². The van der Waals surface area contributed by atoms with Gasteiger partial charge in [-0.3, -0.25) is 0 Å². The monoisotopic (exact) mass is 352 g/mol. The van der Waals surface area contributed by atoms with Crippen LogP contribution in [-0.4, -0.2) is 63.0 Å². The summed E-state index contributed by atoms with van der Waals surface area (Å²) >= 11 is 0. The second kappa shape index (κ2) is 7.65. The molecule has 7 nitrogen and oxygen atoms in total. The first-order chi connectivity index (χ1) is 10.8. The van der Waals surface area contributed by atoms with Crippen molar-refractivity contribution in [2.75, 3.05) is 39.9 Å². The number of rotatable bonds is 8. The van der Waals surface area contributed by atoms with E-state index in [1.54, 1.807) is 7.11 Å². The fourth-order valence-corrected chi connectivity index (χ4v) is 3.96. The van der Waals surface area contributed by atoms with Gasteiger partial charge >= 0.3 is 6.55 Å². The molecule has 1 aromatic rings. The molecular formula is C13H22F2N4O3S. The highest BCUT2D eigenvalue weighted by molar-refractivity contribution is 7.89. The zero-order valence-corrected chi connectivity index (χ0v) is 14.0. The third kappa shape index (κ3) is 4.46. The maximum atomic E-state index is 12.7. The Kier molecular flexibility index (Phi) is 6.06. The zero-order valence-electron chi connectivity index (χ0n) is 13.2. The smallest absolute Gasteiger partial charge is 0.333 e. The number of nitrogens with zero attached hydrogens (tertiary/aromatic N) is 3. The Morgan fingerprint density at radius 2 is 2.26 bits per heavy atom. The van der Waals surface area contributed by atoms with Crippen molar-refractivity contribution in [3.63, 3.8) is 0 Å². The molecule has 1 aliphatic heterocycles. The Balaban J connectivity index is 1.92. The van der Waals surface area contributed by atoms with Gasteiger partial charge in [0.05, 0.1) is 18.5 Å². The highest BCUT2D eigenvalue weighted by Gasteiger charge is 2.27. The first-order valence-electron chi connectivity index (χ1n) is 7.38. The molecule has 1 aromatic heterocycles. The van der Waals surface area contributed by atoms with E-state index in [4.69, 9.17) is 4.74 Å². The van der Waals surface area contributed by atoms with E-state index in [1.165, 1.54) is 6.92 Å². The number of nitrogens with one attached hydrogen (secondary N) is 1. The molecule has 2 heterocycles. The molecule has 0 bridgehead atoms. The Labute approximate surface area is 134 Å². The van der Waals surface area contributed by atoms with Crippen molar-refractivity contribution in [3.8, 4) is 0 Å². The molecule has 0 saturated carbocycles. The molecule has 0 amide bonds. The quantitative estimate of drug-likeness (QED) is 0.750. The van der Waals surface area contributed by atoms with Crippen LogP contribution in [0, 0.1) is 12.8 Å². The Bertz CT molecular complexity index is 621. The Morgan fingerprint density at radius 1 is 1.52 bits per heavy atom. The highest BCUT2D eigenvalue weighted by atomic mass is 32.2. The van der Waals surface area contributed by atoms with Gasteiger partial charge in [0, 0.05) is 26.7 Å². The van der Waals surface area contributed by atoms with Crippen LogP contribution >= 0.6 is 0 Å². The number of likely N-dealkylation sites (tertiary alicyclic amines) is 1. The third-order valence-corrected chi connectivity index (χ3v) is 5.54. The Hall–Kier alpha value is -1.10. The maximum Gasteiger partial charge on any atom is 0.333 e. The van der Waals surface area contributed by atoms with E-state index in [1.807, 2.05) is 0 Å². The van der Waals surface area contributed by atoms with Gasteiger partial charge < -0.3 is 9.64 Å². The lowest BCUT2D eigenvalue weighted by Gasteiger charge is -2.15. The average molecular weight is 352 g/mol. The lowest BCUT2D eigenvalue weighted by atomic mass is 10.1. The topological polar surface area (TPSA) is 76.5 Å². The summed E-state index contributed by atoms with van der Waals surface area (Å²) in [5.41, 5.74) is -0.0688. The zero-order chi connectivity index (χ0) is 17.0. The highest BCUT2D eigenvalue weighted by Crippen LogP contribution is 2.20. The average Bonchev–Trinajstić information content (AvgIpc) is 3.09. The maximum absolute atomic E-state index is 12.7. The molecule has 1 atom stereocenters. The number of aromatic nitrogens is 2. The van der Waals surface area contributed by atoms with Crippen LogP contribution in [0.25, 0.3) is 0 Å². The molecule has 0 spiro atoms. The van der Waals surface area contributed by atoms with Gasteiger partial charge in [0.2, 0.25) is 10.0 Å².